The number of rotatable bonds is 9. The largest absolute Gasteiger partial charge is 0.497 e. The molecule has 0 fully saturated rings. The lowest BCUT2D eigenvalue weighted by molar-refractivity contribution is -0.112. The Morgan fingerprint density at radius 3 is 2.06 bits per heavy atom. The van der Waals surface area contributed by atoms with Crippen LogP contribution < -0.4 is 19.5 Å². The lowest BCUT2D eigenvalue weighted by atomic mass is 10.1. The number of alkyl halides is 2. The average Bonchev–Trinajstić information content (AvgIpc) is 2.83. The number of nitrogens with one attached hydrogen (secondary N) is 2. The Bertz CT molecular complexity index is 1350. The minimum Gasteiger partial charge on any atom is -0.497 e. The zero-order valence-corrected chi connectivity index (χ0v) is 19.1. The molecule has 8 nitrogen and oxygen atoms in total. The number of sulfonamides is 1. The van der Waals surface area contributed by atoms with Gasteiger partial charge in [-0.2, -0.15) is 14.0 Å². The highest BCUT2D eigenvalue weighted by atomic mass is 32.2. The lowest BCUT2D eigenvalue weighted by Gasteiger charge is -2.10. The Balaban J connectivity index is 1.67. The zero-order valence-electron chi connectivity index (χ0n) is 18.2. The van der Waals surface area contributed by atoms with Crippen molar-refractivity contribution >= 4 is 33.4 Å². The topological polar surface area (TPSA) is 118 Å². The fourth-order valence-electron chi connectivity index (χ4n) is 2.85. The van der Waals surface area contributed by atoms with Gasteiger partial charge in [-0.3, -0.25) is 9.52 Å². The number of methoxy groups -OCH3 is 1. The highest BCUT2D eigenvalue weighted by molar-refractivity contribution is 7.92. The molecule has 0 aliphatic carbocycles. The molecule has 3 aromatic rings. The van der Waals surface area contributed by atoms with Crippen molar-refractivity contribution in [2.45, 2.75) is 11.5 Å². The van der Waals surface area contributed by atoms with Crippen LogP contribution >= 0.6 is 0 Å². The standard InChI is InChI=1S/C24H19F2N3O5S/c1-33-20-10-4-19(5-11-20)29-35(31,32)22-12-6-18(7-13-22)28-23(30)17(15-27)14-16-2-8-21(9-3-16)34-24(25)26/h2-14,24,29H,1H3,(H,28,30)/b17-14-. The molecule has 0 aliphatic rings. The van der Waals surface area contributed by atoms with Crippen LogP contribution in [0.1, 0.15) is 5.56 Å². The Hall–Kier alpha value is -4.43. The third kappa shape index (κ3) is 7.02. The van der Waals surface area contributed by atoms with Crippen molar-refractivity contribution in [3.8, 4) is 17.6 Å². The SMILES string of the molecule is COc1ccc(NS(=O)(=O)c2ccc(NC(=O)/C(C#N)=C\c3ccc(OC(F)F)cc3)cc2)cc1. The molecule has 0 saturated carbocycles. The normalized spacial score (nSPS) is 11.5. The van der Waals surface area contributed by atoms with E-state index in [1.54, 1.807) is 30.3 Å². The molecule has 0 spiro atoms. The summed E-state index contributed by atoms with van der Waals surface area (Å²) < 4.78 is 61.4. The predicted octanol–water partition coefficient (Wildman–Crippen LogP) is 4.64. The van der Waals surface area contributed by atoms with E-state index < -0.39 is 22.5 Å². The first-order valence-corrected chi connectivity index (χ1v) is 11.4. The first-order chi connectivity index (χ1) is 16.7. The fraction of sp³-hybridized carbons (Fsp3) is 0.0833. The molecule has 0 radical (unpaired) electrons. The van der Waals surface area contributed by atoms with Gasteiger partial charge in [0, 0.05) is 11.4 Å². The molecule has 11 heteroatoms. The summed E-state index contributed by atoms with van der Waals surface area (Å²) in [5, 5.41) is 11.8. The summed E-state index contributed by atoms with van der Waals surface area (Å²) in [6, 6.07) is 18.9. The van der Waals surface area contributed by atoms with Gasteiger partial charge in [-0.15, -0.1) is 0 Å². The summed E-state index contributed by atoms with van der Waals surface area (Å²) in [6.07, 6.45) is 1.28. The van der Waals surface area contributed by atoms with Gasteiger partial charge in [-0.1, -0.05) is 12.1 Å². The lowest BCUT2D eigenvalue weighted by Crippen LogP contribution is -2.15. The van der Waals surface area contributed by atoms with Gasteiger partial charge >= 0.3 is 6.61 Å². The maximum atomic E-state index is 12.6. The maximum Gasteiger partial charge on any atom is 0.387 e. The van der Waals surface area contributed by atoms with Crippen LogP contribution in [0.15, 0.2) is 83.3 Å². The molecule has 2 N–H and O–H groups in total. The van der Waals surface area contributed by atoms with Gasteiger partial charge in [0.15, 0.2) is 0 Å². The van der Waals surface area contributed by atoms with Crippen molar-refractivity contribution in [3.05, 3.63) is 83.9 Å². The molecule has 1 amide bonds. The monoisotopic (exact) mass is 499 g/mol. The molecule has 35 heavy (non-hydrogen) atoms. The minimum atomic E-state index is -3.88. The molecular weight excluding hydrogens is 480 g/mol. The Kier molecular flexibility index (Phi) is 8.01. The quantitative estimate of drug-likeness (QED) is 0.327. The van der Waals surface area contributed by atoms with Crippen molar-refractivity contribution in [1.29, 1.82) is 5.26 Å². The van der Waals surface area contributed by atoms with Gasteiger partial charge in [0.2, 0.25) is 0 Å². The number of hydrogen-bond donors (Lipinski definition) is 2. The molecule has 0 bridgehead atoms. The van der Waals surface area contributed by atoms with Gasteiger partial charge in [0.1, 0.15) is 23.1 Å². The van der Waals surface area contributed by atoms with Crippen LogP contribution in [-0.4, -0.2) is 28.0 Å². The van der Waals surface area contributed by atoms with Crippen LogP contribution in [-0.2, 0) is 14.8 Å². The van der Waals surface area contributed by atoms with Crippen molar-refractivity contribution in [2.75, 3.05) is 17.1 Å². The molecule has 0 saturated heterocycles. The smallest absolute Gasteiger partial charge is 0.387 e. The van der Waals surface area contributed by atoms with E-state index in [4.69, 9.17) is 4.74 Å². The Morgan fingerprint density at radius 1 is 0.943 bits per heavy atom. The van der Waals surface area contributed by atoms with Crippen molar-refractivity contribution < 1.29 is 31.5 Å². The van der Waals surface area contributed by atoms with Crippen LogP contribution in [0.25, 0.3) is 6.08 Å². The first-order valence-electron chi connectivity index (χ1n) is 9.95. The van der Waals surface area contributed by atoms with Crippen LogP contribution in [0.2, 0.25) is 0 Å². The third-order valence-electron chi connectivity index (χ3n) is 4.55. The number of ether oxygens (including phenoxy) is 2. The van der Waals surface area contributed by atoms with Crippen LogP contribution in [0.5, 0.6) is 11.5 Å². The number of halogens is 2. The highest BCUT2D eigenvalue weighted by Gasteiger charge is 2.15. The number of carbonyl (C=O) groups is 1. The van der Waals surface area contributed by atoms with E-state index in [0.29, 0.717) is 17.0 Å². The van der Waals surface area contributed by atoms with Crippen LogP contribution in [0.4, 0.5) is 20.2 Å². The number of nitriles is 1. The molecular formula is C24H19F2N3O5S. The van der Waals surface area contributed by atoms with E-state index in [2.05, 4.69) is 14.8 Å². The number of hydrogen-bond acceptors (Lipinski definition) is 6. The zero-order chi connectivity index (χ0) is 25.4. The van der Waals surface area contributed by atoms with E-state index in [1.807, 2.05) is 0 Å². The van der Waals surface area contributed by atoms with Gasteiger partial charge in [-0.25, -0.2) is 8.42 Å². The summed E-state index contributed by atoms with van der Waals surface area (Å²) in [5.74, 6) is -0.208. The van der Waals surface area contributed by atoms with E-state index >= 15 is 0 Å². The number of benzene rings is 3. The van der Waals surface area contributed by atoms with E-state index in [-0.39, 0.29) is 21.9 Å². The number of amides is 1. The second-order valence-electron chi connectivity index (χ2n) is 6.93. The van der Waals surface area contributed by atoms with Gasteiger partial charge in [-0.05, 0) is 72.3 Å². The van der Waals surface area contributed by atoms with E-state index in [9.17, 15) is 27.3 Å². The van der Waals surface area contributed by atoms with Gasteiger partial charge < -0.3 is 14.8 Å². The minimum absolute atomic E-state index is 0.0338. The summed E-state index contributed by atoms with van der Waals surface area (Å²) in [4.78, 5) is 12.4. The Morgan fingerprint density at radius 2 is 1.51 bits per heavy atom. The van der Waals surface area contributed by atoms with Gasteiger partial charge in [0.05, 0.1) is 12.0 Å². The van der Waals surface area contributed by atoms with Crippen LogP contribution in [0.3, 0.4) is 0 Å². The van der Waals surface area contributed by atoms with Crippen LogP contribution in [0, 0.1) is 11.3 Å². The second-order valence-corrected chi connectivity index (χ2v) is 8.61. The van der Waals surface area contributed by atoms with E-state index in [1.165, 1.54) is 61.7 Å². The summed E-state index contributed by atoms with van der Waals surface area (Å²) >= 11 is 0. The molecule has 0 unspecified atom stereocenters. The van der Waals surface area contributed by atoms with Crippen molar-refractivity contribution in [1.82, 2.24) is 0 Å². The molecule has 0 atom stereocenters. The highest BCUT2D eigenvalue weighted by Crippen LogP contribution is 2.21. The second kappa shape index (κ2) is 11.1. The number of carbonyl (C=O) groups excluding carboxylic acids is 1. The number of anilines is 2. The predicted molar refractivity (Wildman–Crippen MR) is 126 cm³/mol. The fourth-order valence-corrected chi connectivity index (χ4v) is 3.91. The molecule has 0 aromatic heterocycles. The molecule has 3 rings (SSSR count). The summed E-state index contributed by atoms with van der Waals surface area (Å²) in [5.41, 5.74) is 0.788. The van der Waals surface area contributed by atoms with Gasteiger partial charge in [0.25, 0.3) is 15.9 Å². The molecule has 3 aromatic carbocycles. The molecule has 0 aliphatic heterocycles. The maximum absolute atomic E-state index is 12.6. The third-order valence-corrected chi connectivity index (χ3v) is 5.94. The summed E-state index contributed by atoms with van der Waals surface area (Å²) in [6.45, 7) is -2.96. The first kappa shape index (κ1) is 25.2. The Labute approximate surface area is 200 Å². The molecule has 0 heterocycles. The van der Waals surface area contributed by atoms with E-state index in [0.717, 1.165) is 0 Å². The van der Waals surface area contributed by atoms with Crippen molar-refractivity contribution in [3.63, 3.8) is 0 Å². The average molecular weight is 499 g/mol. The number of nitrogens with zero attached hydrogens (tertiary/aromatic N) is 1. The molecule has 180 valence electrons. The summed E-state index contributed by atoms with van der Waals surface area (Å²) in [7, 11) is -2.37. The van der Waals surface area contributed by atoms with Crippen molar-refractivity contribution in [2.24, 2.45) is 0 Å².